The van der Waals surface area contributed by atoms with Crippen molar-refractivity contribution in [3.05, 3.63) is 53.4 Å². The van der Waals surface area contributed by atoms with E-state index in [-0.39, 0.29) is 12.3 Å². The maximum Gasteiger partial charge on any atom is 0.374 e. The average molecular weight is 247 g/mol. The molecule has 2 aromatic rings. The Bertz CT molecular complexity index is 561. The van der Waals surface area contributed by atoms with Crippen LogP contribution in [-0.2, 0) is 11.3 Å². The van der Waals surface area contributed by atoms with Gasteiger partial charge in [-0.15, -0.1) is 0 Å². The van der Waals surface area contributed by atoms with Crippen molar-refractivity contribution in [1.29, 1.82) is 0 Å². The Morgan fingerprint density at radius 2 is 2.00 bits per heavy atom. The number of nitrogens with zero attached hydrogens (tertiary/aromatic N) is 1. The van der Waals surface area contributed by atoms with Gasteiger partial charge >= 0.3 is 11.9 Å². The molecule has 1 aromatic carbocycles. The second-order valence-corrected chi connectivity index (χ2v) is 3.44. The number of carboxylic acids is 1. The Kier molecular flexibility index (Phi) is 3.38. The van der Waals surface area contributed by atoms with Crippen LogP contribution in [0.25, 0.3) is 0 Å². The van der Waals surface area contributed by atoms with Gasteiger partial charge in [-0.3, -0.25) is 0 Å². The molecule has 0 fully saturated rings. The molecule has 2 rings (SSSR count). The fourth-order valence-corrected chi connectivity index (χ4v) is 1.27. The molecule has 0 atom stereocenters. The Morgan fingerprint density at radius 3 is 2.61 bits per heavy atom. The summed E-state index contributed by atoms with van der Waals surface area (Å²) in [5.41, 5.74) is 0.663. The molecule has 92 valence electrons. The van der Waals surface area contributed by atoms with E-state index >= 15 is 0 Å². The van der Waals surface area contributed by atoms with Crippen molar-refractivity contribution in [3.63, 3.8) is 0 Å². The van der Waals surface area contributed by atoms with Gasteiger partial charge in [-0.2, -0.15) is 0 Å². The largest absolute Gasteiger partial charge is 0.475 e. The highest BCUT2D eigenvalue weighted by Crippen LogP contribution is 2.07. The molecule has 0 saturated carbocycles. The summed E-state index contributed by atoms with van der Waals surface area (Å²) in [7, 11) is 0. The minimum atomic E-state index is -1.29. The molecular formula is C12H9NO5. The van der Waals surface area contributed by atoms with Crippen LogP contribution in [0.1, 0.15) is 26.6 Å². The first-order valence-electron chi connectivity index (χ1n) is 5.08. The van der Waals surface area contributed by atoms with Crippen LogP contribution >= 0.6 is 0 Å². The van der Waals surface area contributed by atoms with Crippen molar-refractivity contribution in [2.75, 3.05) is 0 Å². The van der Waals surface area contributed by atoms with Crippen molar-refractivity contribution >= 4 is 11.9 Å². The monoisotopic (exact) mass is 247 g/mol. The lowest BCUT2D eigenvalue weighted by atomic mass is 10.2. The van der Waals surface area contributed by atoms with Crippen LogP contribution in [0, 0.1) is 0 Å². The summed E-state index contributed by atoms with van der Waals surface area (Å²) in [4.78, 5) is 22.0. The third kappa shape index (κ3) is 2.73. The van der Waals surface area contributed by atoms with Crippen molar-refractivity contribution in [2.24, 2.45) is 0 Å². The summed E-state index contributed by atoms with van der Waals surface area (Å²) < 4.78 is 9.40. The summed E-state index contributed by atoms with van der Waals surface area (Å²) in [5.74, 6) is -2.42. The molecule has 1 heterocycles. The van der Waals surface area contributed by atoms with Gasteiger partial charge in [0.05, 0.1) is 0 Å². The van der Waals surface area contributed by atoms with Gasteiger partial charge in [-0.05, 0) is 5.56 Å². The van der Waals surface area contributed by atoms with E-state index in [0.717, 1.165) is 11.6 Å². The van der Waals surface area contributed by atoms with Crippen LogP contribution in [0.3, 0.4) is 0 Å². The molecular weight excluding hydrogens is 238 g/mol. The molecule has 0 unspecified atom stereocenters. The number of aromatic nitrogens is 1. The predicted molar refractivity (Wildman–Crippen MR) is 59.0 cm³/mol. The number of hydrogen-bond donors (Lipinski definition) is 1. The van der Waals surface area contributed by atoms with Gasteiger partial charge in [0, 0.05) is 6.07 Å². The second kappa shape index (κ2) is 5.13. The lowest BCUT2D eigenvalue weighted by molar-refractivity contribution is 0.0459. The number of rotatable bonds is 4. The second-order valence-electron chi connectivity index (χ2n) is 3.44. The number of ether oxygens (including phenoxy) is 1. The van der Waals surface area contributed by atoms with Gasteiger partial charge in [0.15, 0.2) is 5.69 Å². The molecule has 0 spiro atoms. The Morgan fingerprint density at radius 1 is 1.28 bits per heavy atom. The SMILES string of the molecule is O=C(OCc1ccccc1)c1cc(C(=O)O)on1. The maximum absolute atomic E-state index is 11.5. The zero-order chi connectivity index (χ0) is 13.0. The predicted octanol–water partition coefficient (Wildman–Crippen LogP) is 1.73. The molecule has 1 N–H and O–H groups in total. The lowest BCUT2D eigenvalue weighted by Gasteiger charge is -2.01. The Balaban J connectivity index is 1.97. The molecule has 0 amide bonds. The van der Waals surface area contributed by atoms with E-state index in [4.69, 9.17) is 9.84 Å². The molecule has 0 bridgehead atoms. The van der Waals surface area contributed by atoms with Crippen LogP contribution in [0.15, 0.2) is 40.9 Å². The van der Waals surface area contributed by atoms with Gasteiger partial charge in [0.1, 0.15) is 6.61 Å². The van der Waals surface area contributed by atoms with Crippen molar-refractivity contribution in [1.82, 2.24) is 5.16 Å². The van der Waals surface area contributed by atoms with Crippen LogP contribution in [0.5, 0.6) is 0 Å². The minimum Gasteiger partial charge on any atom is -0.475 e. The highest BCUT2D eigenvalue weighted by Gasteiger charge is 2.17. The molecule has 6 heteroatoms. The molecule has 0 radical (unpaired) electrons. The number of esters is 1. The highest BCUT2D eigenvalue weighted by molar-refractivity contribution is 5.91. The van der Waals surface area contributed by atoms with E-state index in [0.29, 0.717) is 0 Å². The molecule has 0 aliphatic rings. The Labute approximate surface area is 102 Å². The van der Waals surface area contributed by atoms with Crippen LogP contribution in [0.4, 0.5) is 0 Å². The summed E-state index contributed by atoms with van der Waals surface area (Å²) in [6.45, 7) is 0.0922. The number of benzene rings is 1. The first kappa shape index (κ1) is 11.8. The van der Waals surface area contributed by atoms with Gasteiger partial charge in [0.25, 0.3) is 0 Å². The normalized spacial score (nSPS) is 10.0. The quantitative estimate of drug-likeness (QED) is 0.827. The van der Waals surface area contributed by atoms with Crippen molar-refractivity contribution < 1.29 is 24.0 Å². The zero-order valence-electron chi connectivity index (χ0n) is 9.20. The number of carboxylic acid groups (broad SMARTS) is 1. The molecule has 0 aliphatic carbocycles. The van der Waals surface area contributed by atoms with E-state index in [1.54, 1.807) is 12.1 Å². The molecule has 1 aromatic heterocycles. The molecule has 6 nitrogen and oxygen atoms in total. The average Bonchev–Trinajstić information content (AvgIpc) is 2.87. The van der Waals surface area contributed by atoms with Crippen LogP contribution in [0.2, 0.25) is 0 Å². The maximum atomic E-state index is 11.5. The Hall–Kier alpha value is -2.63. The lowest BCUT2D eigenvalue weighted by Crippen LogP contribution is -2.05. The fraction of sp³-hybridized carbons (Fsp3) is 0.0833. The van der Waals surface area contributed by atoms with Gasteiger partial charge in [0.2, 0.25) is 5.76 Å². The van der Waals surface area contributed by atoms with E-state index in [2.05, 4.69) is 9.68 Å². The number of carbonyl (C=O) groups excluding carboxylic acids is 1. The topological polar surface area (TPSA) is 89.6 Å². The minimum absolute atomic E-state index is 0.0922. The van der Waals surface area contributed by atoms with E-state index in [1.165, 1.54) is 0 Å². The first-order chi connectivity index (χ1) is 8.66. The molecule has 18 heavy (non-hydrogen) atoms. The smallest absolute Gasteiger partial charge is 0.374 e. The standard InChI is InChI=1S/C12H9NO5/c14-11(15)10-6-9(13-18-10)12(16)17-7-8-4-2-1-3-5-8/h1-6H,7H2,(H,14,15). The zero-order valence-corrected chi connectivity index (χ0v) is 9.20. The first-order valence-corrected chi connectivity index (χ1v) is 5.08. The number of hydrogen-bond acceptors (Lipinski definition) is 5. The summed E-state index contributed by atoms with van der Waals surface area (Å²) in [6.07, 6.45) is 0. The van der Waals surface area contributed by atoms with Crippen LogP contribution < -0.4 is 0 Å². The van der Waals surface area contributed by atoms with Gasteiger partial charge in [-0.1, -0.05) is 35.5 Å². The van der Waals surface area contributed by atoms with Crippen molar-refractivity contribution in [2.45, 2.75) is 6.61 Å². The number of carbonyl (C=O) groups is 2. The summed E-state index contributed by atoms with van der Waals surface area (Å²) in [6, 6.07) is 10.1. The highest BCUT2D eigenvalue weighted by atomic mass is 16.5. The number of aromatic carboxylic acids is 1. The van der Waals surface area contributed by atoms with Gasteiger partial charge < -0.3 is 14.4 Å². The molecule has 0 aliphatic heterocycles. The van der Waals surface area contributed by atoms with Crippen LogP contribution in [-0.4, -0.2) is 22.2 Å². The van der Waals surface area contributed by atoms with E-state index in [1.807, 2.05) is 18.2 Å². The third-order valence-corrected chi connectivity index (χ3v) is 2.14. The van der Waals surface area contributed by atoms with E-state index < -0.39 is 17.7 Å². The third-order valence-electron chi connectivity index (χ3n) is 2.14. The molecule has 0 saturated heterocycles. The van der Waals surface area contributed by atoms with E-state index in [9.17, 15) is 9.59 Å². The summed E-state index contributed by atoms with van der Waals surface area (Å²) >= 11 is 0. The summed E-state index contributed by atoms with van der Waals surface area (Å²) in [5, 5.41) is 11.9. The van der Waals surface area contributed by atoms with Crippen molar-refractivity contribution in [3.8, 4) is 0 Å². The fourth-order valence-electron chi connectivity index (χ4n) is 1.27. The van der Waals surface area contributed by atoms with Gasteiger partial charge in [-0.25, -0.2) is 9.59 Å².